The largest absolute Gasteiger partial charge is 0.468 e. The lowest BCUT2D eigenvalue weighted by Crippen LogP contribution is -2.27. The number of nitrogens with zero attached hydrogens (tertiary/aromatic N) is 1. The fraction of sp³-hybridized carbons (Fsp3) is 0.286. The van der Waals surface area contributed by atoms with Crippen LogP contribution >= 0.6 is 0 Å². The summed E-state index contributed by atoms with van der Waals surface area (Å²) >= 11 is 0. The van der Waals surface area contributed by atoms with E-state index < -0.39 is 11.5 Å². The summed E-state index contributed by atoms with van der Waals surface area (Å²) in [5.74, 6) is 0.124. The Morgan fingerprint density at radius 2 is 2.20 bits per heavy atom. The number of hydrogen-bond acceptors (Lipinski definition) is 4. The number of carbonyl (C=O) groups is 1. The topological polar surface area (TPSA) is 92.3 Å². The average molecular weight is 275 g/mol. The number of nitrogens with one attached hydrogen (secondary N) is 1. The zero-order valence-corrected chi connectivity index (χ0v) is 11.4. The van der Waals surface area contributed by atoms with Crippen molar-refractivity contribution in [3.8, 4) is 0 Å². The lowest BCUT2D eigenvalue weighted by atomic mass is 10.2. The quantitative estimate of drug-likeness (QED) is 0.859. The van der Waals surface area contributed by atoms with Crippen molar-refractivity contribution in [1.82, 2.24) is 9.88 Å². The van der Waals surface area contributed by atoms with Crippen LogP contribution in [0, 0.1) is 0 Å². The van der Waals surface area contributed by atoms with Crippen LogP contribution in [0.1, 0.15) is 34.8 Å². The van der Waals surface area contributed by atoms with Gasteiger partial charge in [-0.05, 0) is 38.2 Å². The highest BCUT2D eigenvalue weighted by Gasteiger charge is 2.15. The van der Waals surface area contributed by atoms with Crippen LogP contribution in [-0.4, -0.2) is 22.8 Å². The zero-order valence-electron chi connectivity index (χ0n) is 11.4. The van der Waals surface area contributed by atoms with Gasteiger partial charge in [-0.3, -0.25) is 14.5 Å². The number of rotatable bonds is 5. The summed E-state index contributed by atoms with van der Waals surface area (Å²) in [7, 11) is 1.92. The molecule has 1 amide bonds. The molecule has 0 aliphatic carbocycles. The number of furan rings is 1. The molecule has 2 aromatic heterocycles. The summed E-state index contributed by atoms with van der Waals surface area (Å²) in [6.45, 7) is 2.53. The van der Waals surface area contributed by atoms with Crippen LogP contribution in [0.2, 0.25) is 0 Å². The van der Waals surface area contributed by atoms with Gasteiger partial charge in [0.25, 0.3) is 11.5 Å². The summed E-state index contributed by atoms with van der Waals surface area (Å²) in [5.41, 5.74) is 5.31. The fourth-order valence-electron chi connectivity index (χ4n) is 1.95. The smallest absolute Gasteiger partial charge is 0.261 e. The van der Waals surface area contributed by atoms with Gasteiger partial charge >= 0.3 is 0 Å². The van der Waals surface area contributed by atoms with Crippen LogP contribution in [-0.2, 0) is 6.54 Å². The number of carbonyl (C=O) groups excluding carboxylic acids is 1. The second kappa shape index (κ2) is 5.75. The molecule has 0 saturated heterocycles. The highest BCUT2D eigenvalue weighted by Crippen LogP contribution is 2.20. The Labute approximate surface area is 116 Å². The van der Waals surface area contributed by atoms with Crippen LogP contribution in [0.3, 0.4) is 0 Å². The molecule has 0 radical (unpaired) electrons. The maximum atomic E-state index is 11.7. The highest BCUT2D eigenvalue weighted by molar-refractivity contribution is 5.92. The molecule has 0 bridgehead atoms. The molecule has 0 aliphatic heterocycles. The first-order chi connectivity index (χ1) is 9.49. The molecule has 1 unspecified atom stereocenters. The first kappa shape index (κ1) is 14.1. The van der Waals surface area contributed by atoms with Gasteiger partial charge in [-0.2, -0.15) is 0 Å². The number of amides is 1. The van der Waals surface area contributed by atoms with Crippen LogP contribution in [0.4, 0.5) is 0 Å². The zero-order chi connectivity index (χ0) is 14.7. The van der Waals surface area contributed by atoms with E-state index in [0.29, 0.717) is 12.2 Å². The van der Waals surface area contributed by atoms with Crippen LogP contribution in [0.5, 0.6) is 0 Å². The maximum Gasteiger partial charge on any atom is 0.261 e. The second-order valence-electron chi connectivity index (χ2n) is 4.70. The molecule has 6 nitrogen and oxygen atoms in total. The third kappa shape index (κ3) is 2.97. The SMILES string of the molecule is CC(c1ccco1)N(C)Cc1ccc(C(N)=O)c(=O)[nH]1. The molecule has 6 heteroatoms. The lowest BCUT2D eigenvalue weighted by Gasteiger charge is -2.22. The molecule has 2 aromatic rings. The Balaban J connectivity index is 2.12. The van der Waals surface area contributed by atoms with Crippen molar-refractivity contribution in [2.45, 2.75) is 19.5 Å². The van der Waals surface area contributed by atoms with Gasteiger partial charge in [0, 0.05) is 12.2 Å². The van der Waals surface area contributed by atoms with E-state index in [0.717, 1.165) is 5.76 Å². The summed E-state index contributed by atoms with van der Waals surface area (Å²) in [6.07, 6.45) is 1.63. The standard InChI is InChI=1S/C14H17N3O3/c1-9(12-4-3-7-20-12)17(2)8-10-5-6-11(13(15)18)14(19)16-10/h3-7,9H,8H2,1-2H3,(H2,15,18)(H,16,19). The van der Waals surface area contributed by atoms with Gasteiger partial charge in [0.15, 0.2) is 0 Å². The van der Waals surface area contributed by atoms with Crippen molar-refractivity contribution >= 4 is 5.91 Å². The monoisotopic (exact) mass is 275 g/mol. The van der Waals surface area contributed by atoms with Crippen molar-refractivity contribution in [3.63, 3.8) is 0 Å². The average Bonchev–Trinajstić information content (AvgIpc) is 2.91. The number of primary amides is 1. The summed E-state index contributed by atoms with van der Waals surface area (Å²) < 4.78 is 5.35. The Kier molecular flexibility index (Phi) is 4.05. The van der Waals surface area contributed by atoms with E-state index in [-0.39, 0.29) is 11.6 Å². The van der Waals surface area contributed by atoms with Crippen molar-refractivity contribution in [2.24, 2.45) is 5.73 Å². The van der Waals surface area contributed by atoms with Gasteiger partial charge in [0.2, 0.25) is 0 Å². The molecule has 106 valence electrons. The van der Waals surface area contributed by atoms with Crippen molar-refractivity contribution in [1.29, 1.82) is 0 Å². The number of aromatic nitrogens is 1. The van der Waals surface area contributed by atoms with E-state index in [1.54, 1.807) is 12.3 Å². The number of aromatic amines is 1. The molecule has 0 fully saturated rings. The first-order valence-corrected chi connectivity index (χ1v) is 6.24. The predicted molar refractivity (Wildman–Crippen MR) is 74.2 cm³/mol. The van der Waals surface area contributed by atoms with E-state index in [1.807, 2.05) is 31.0 Å². The van der Waals surface area contributed by atoms with Gasteiger partial charge in [-0.15, -0.1) is 0 Å². The van der Waals surface area contributed by atoms with E-state index >= 15 is 0 Å². The molecule has 0 aromatic carbocycles. The van der Waals surface area contributed by atoms with Gasteiger partial charge in [-0.25, -0.2) is 0 Å². The number of nitrogens with two attached hydrogens (primary N) is 1. The molecule has 0 aliphatic rings. The van der Waals surface area contributed by atoms with Gasteiger partial charge < -0.3 is 15.1 Å². The molecule has 20 heavy (non-hydrogen) atoms. The third-order valence-electron chi connectivity index (χ3n) is 3.27. The second-order valence-corrected chi connectivity index (χ2v) is 4.70. The molecule has 1 atom stereocenters. The highest BCUT2D eigenvalue weighted by atomic mass is 16.3. The minimum absolute atomic E-state index is 0.0320. The lowest BCUT2D eigenvalue weighted by molar-refractivity contribution is 0.0999. The molecule has 2 heterocycles. The van der Waals surface area contributed by atoms with E-state index in [1.165, 1.54) is 6.07 Å². The van der Waals surface area contributed by atoms with E-state index in [4.69, 9.17) is 10.2 Å². The summed E-state index contributed by atoms with van der Waals surface area (Å²) in [4.78, 5) is 27.3. The minimum atomic E-state index is -0.727. The van der Waals surface area contributed by atoms with Gasteiger partial charge in [0.05, 0.1) is 12.3 Å². The molecule has 3 N–H and O–H groups in total. The van der Waals surface area contributed by atoms with E-state index in [2.05, 4.69) is 4.98 Å². The third-order valence-corrected chi connectivity index (χ3v) is 3.27. The molecular formula is C14H17N3O3. The summed E-state index contributed by atoms with van der Waals surface area (Å²) in [5, 5.41) is 0. The number of pyridine rings is 1. The van der Waals surface area contributed by atoms with E-state index in [9.17, 15) is 9.59 Å². The van der Waals surface area contributed by atoms with Crippen molar-refractivity contribution in [2.75, 3.05) is 7.05 Å². The predicted octanol–water partition coefficient (Wildman–Crippen LogP) is 1.26. The number of hydrogen-bond donors (Lipinski definition) is 2. The summed E-state index contributed by atoms with van der Waals surface area (Å²) in [6, 6.07) is 6.95. The fourth-order valence-corrected chi connectivity index (χ4v) is 1.95. The molecule has 0 spiro atoms. The van der Waals surface area contributed by atoms with Crippen molar-refractivity contribution < 1.29 is 9.21 Å². The van der Waals surface area contributed by atoms with Crippen molar-refractivity contribution in [3.05, 3.63) is 57.9 Å². The van der Waals surface area contributed by atoms with Gasteiger partial charge in [0.1, 0.15) is 11.3 Å². The first-order valence-electron chi connectivity index (χ1n) is 6.24. The molecular weight excluding hydrogens is 258 g/mol. The Hall–Kier alpha value is -2.34. The van der Waals surface area contributed by atoms with Crippen LogP contribution < -0.4 is 11.3 Å². The normalized spacial score (nSPS) is 12.6. The number of H-pyrrole nitrogens is 1. The molecule has 0 saturated carbocycles. The molecule has 2 rings (SSSR count). The Morgan fingerprint density at radius 1 is 1.45 bits per heavy atom. The van der Waals surface area contributed by atoms with Crippen LogP contribution in [0.15, 0.2) is 39.7 Å². The van der Waals surface area contributed by atoms with Gasteiger partial charge in [-0.1, -0.05) is 0 Å². The Morgan fingerprint density at radius 3 is 2.75 bits per heavy atom. The van der Waals surface area contributed by atoms with Crippen LogP contribution in [0.25, 0.3) is 0 Å². The maximum absolute atomic E-state index is 11.7. The Bertz CT molecular complexity index is 646. The minimum Gasteiger partial charge on any atom is -0.468 e.